The molecule has 0 aromatic heterocycles. The van der Waals surface area contributed by atoms with Crippen LogP contribution in [-0.4, -0.2) is 46.7 Å². The zero-order valence-electron chi connectivity index (χ0n) is 24.0. The molecule has 0 bridgehead atoms. The number of nitrogens with one attached hydrogen (secondary N) is 2. The molecule has 0 aliphatic carbocycles. The molecule has 0 heterocycles. The summed E-state index contributed by atoms with van der Waals surface area (Å²) in [4.78, 5) is 25.2. The molecule has 0 saturated heterocycles. The molecule has 0 atom stereocenters. The highest BCUT2D eigenvalue weighted by atomic mass is 32.2. The van der Waals surface area contributed by atoms with E-state index in [1.165, 1.54) is 25.5 Å². The first-order chi connectivity index (χ1) is 20.7. The molecule has 0 spiro atoms. The fraction of sp³-hybridized carbons (Fsp3) is 0.156. The van der Waals surface area contributed by atoms with Gasteiger partial charge in [-0.25, -0.2) is 13.8 Å². The van der Waals surface area contributed by atoms with Crippen molar-refractivity contribution >= 4 is 39.4 Å². The summed E-state index contributed by atoms with van der Waals surface area (Å²) in [6.45, 7) is 3.02. The van der Waals surface area contributed by atoms with Crippen LogP contribution in [0.15, 0.2) is 107 Å². The maximum Gasteiger partial charge on any atom is 0.264 e. The third-order valence-corrected chi connectivity index (χ3v) is 8.27. The molecular weight excluding hydrogens is 568 g/mol. The van der Waals surface area contributed by atoms with Crippen LogP contribution in [0.25, 0.3) is 0 Å². The standard InChI is InChI=1S/C32H32N4O6S/c1-23-10-9-14-29(24(23)2)36(43(39,40)27-11-5-4-6-12-27)21-31(37)35-33-20-25-16-18-26(19-17-25)42-22-32(38)34-28-13-7-8-15-30(28)41-3/h4-20H,21-22H2,1-3H3,(H,34,38)(H,35,37). The lowest BCUT2D eigenvalue weighted by molar-refractivity contribution is -0.119. The van der Waals surface area contributed by atoms with Gasteiger partial charge in [0.15, 0.2) is 6.61 Å². The molecule has 0 aliphatic rings. The van der Waals surface area contributed by atoms with Crippen LogP contribution >= 0.6 is 0 Å². The number of para-hydroxylation sites is 2. The molecule has 4 aromatic rings. The van der Waals surface area contributed by atoms with E-state index in [0.717, 1.165) is 15.4 Å². The maximum atomic E-state index is 13.5. The Morgan fingerprint density at radius 2 is 1.56 bits per heavy atom. The highest BCUT2D eigenvalue weighted by Crippen LogP contribution is 2.28. The van der Waals surface area contributed by atoms with E-state index in [2.05, 4.69) is 15.8 Å². The minimum atomic E-state index is -4.03. The molecule has 2 N–H and O–H groups in total. The Balaban J connectivity index is 1.36. The largest absolute Gasteiger partial charge is 0.495 e. The zero-order chi connectivity index (χ0) is 30.8. The van der Waals surface area contributed by atoms with Gasteiger partial charge in [-0.2, -0.15) is 5.10 Å². The monoisotopic (exact) mass is 600 g/mol. The van der Waals surface area contributed by atoms with Crippen molar-refractivity contribution in [2.24, 2.45) is 5.10 Å². The number of nitrogens with zero attached hydrogens (tertiary/aromatic N) is 2. The van der Waals surface area contributed by atoms with Gasteiger partial charge in [0.2, 0.25) is 0 Å². The Labute approximate surface area is 251 Å². The second-order valence-electron chi connectivity index (χ2n) is 9.44. The Morgan fingerprint density at radius 1 is 0.860 bits per heavy atom. The van der Waals surface area contributed by atoms with Crippen molar-refractivity contribution in [3.63, 3.8) is 0 Å². The van der Waals surface area contributed by atoms with Gasteiger partial charge < -0.3 is 14.8 Å². The molecular formula is C32H32N4O6S. The fourth-order valence-corrected chi connectivity index (χ4v) is 5.60. The van der Waals surface area contributed by atoms with Gasteiger partial charge in [-0.3, -0.25) is 13.9 Å². The topological polar surface area (TPSA) is 126 Å². The zero-order valence-corrected chi connectivity index (χ0v) is 24.8. The Kier molecular flexibility index (Phi) is 10.1. The SMILES string of the molecule is COc1ccccc1NC(=O)COc1ccc(C=NNC(=O)CN(c2cccc(C)c2C)S(=O)(=O)c2ccccc2)cc1. The lowest BCUT2D eigenvalue weighted by Crippen LogP contribution is -2.40. The molecule has 222 valence electrons. The third kappa shape index (κ3) is 7.98. The molecule has 11 heteroatoms. The molecule has 0 saturated carbocycles. The number of ether oxygens (including phenoxy) is 2. The molecule has 0 fully saturated rings. The summed E-state index contributed by atoms with van der Waals surface area (Å²) in [5, 5.41) is 6.73. The number of methoxy groups -OCH3 is 1. The predicted octanol–water partition coefficient (Wildman–Crippen LogP) is 4.68. The van der Waals surface area contributed by atoms with Crippen LogP contribution in [0.4, 0.5) is 11.4 Å². The summed E-state index contributed by atoms with van der Waals surface area (Å²) < 4.78 is 38.9. The number of benzene rings is 4. The number of hydrazone groups is 1. The van der Waals surface area contributed by atoms with Gasteiger partial charge in [-0.1, -0.05) is 42.5 Å². The molecule has 43 heavy (non-hydrogen) atoms. The molecule has 0 radical (unpaired) electrons. The Morgan fingerprint density at radius 3 is 2.28 bits per heavy atom. The summed E-state index contributed by atoms with van der Waals surface area (Å²) in [6.07, 6.45) is 1.42. The summed E-state index contributed by atoms with van der Waals surface area (Å²) >= 11 is 0. The van der Waals surface area contributed by atoms with E-state index in [0.29, 0.717) is 28.4 Å². The second kappa shape index (κ2) is 14.1. The number of sulfonamides is 1. The van der Waals surface area contributed by atoms with Crippen LogP contribution in [0.3, 0.4) is 0 Å². The average Bonchev–Trinajstić information content (AvgIpc) is 3.01. The van der Waals surface area contributed by atoms with E-state index < -0.39 is 22.5 Å². The van der Waals surface area contributed by atoms with Gasteiger partial charge in [-0.15, -0.1) is 0 Å². The number of hydrogen-bond donors (Lipinski definition) is 2. The first kappa shape index (κ1) is 30.8. The summed E-state index contributed by atoms with van der Waals surface area (Å²) in [7, 11) is -2.51. The minimum absolute atomic E-state index is 0.0757. The number of aryl methyl sites for hydroxylation is 1. The molecule has 0 aliphatic heterocycles. The van der Waals surface area contributed by atoms with Crippen LogP contribution in [0, 0.1) is 13.8 Å². The molecule has 4 rings (SSSR count). The van der Waals surface area contributed by atoms with Crippen LogP contribution in [0.2, 0.25) is 0 Å². The van der Waals surface area contributed by atoms with Gasteiger partial charge in [0.1, 0.15) is 18.0 Å². The van der Waals surface area contributed by atoms with E-state index >= 15 is 0 Å². The molecule has 4 aromatic carbocycles. The average molecular weight is 601 g/mol. The number of hydrogen-bond acceptors (Lipinski definition) is 7. The van der Waals surface area contributed by atoms with Gasteiger partial charge in [0, 0.05) is 0 Å². The lowest BCUT2D eigenvalue weighted by Gasteiger charge is -2.26. The summed E-state index contributed by atoms with van der Waals surface area (Å²) in [6, 6.07) is 27.1. The number of rotatable bonds is 12. The normalized spacial score (nSPS) is 11.1. The lowest BCUT2D eigenvalue weighted by atomic mass is 10.1. The molecule has 10 nitrogen and oxygen atoms in total. The van der Waals surface area contributed by atoms with Crippen LogP contribution in [-0.2, 0) is 19.6 Å². The number of anilines is 2. The molecule has 2 amide bonds. The number of carbonyl (C=O) groups excluding carboxylic acids is 2. The maximum absolute atomic E-state index is 13.5. The van der Waals surface area contributed by atoms with Crippen molar-refractivity contribution in [3.8, 4) is 11.5 Å². The van der Waals surface area contributed by atoms with Crippen LogP contribution < -0.4 is 24.5 Å². The second-order valence-corrected chi connectivity index (χ2v) is 11.3. The fourth-order valence-electron chi connectivity index (χ4n) is 4.10. The Hall–Kier alpha value is -5.16. The van der Waals surface area contributed by atoms with E-state index in [-0.39, 0.29) is 17.4 Å². The van der Waals surface area contributed by atoms with Crippen LogP contribution in [0.1, 0.15) is 16.7 Å². The quantitative estimate of drug-likeness (QED) is 0.180. The molecule has 0 unspecified atom stereocenters. The predicted molar refractivity (Wildman–Crippen MR) is 166 cm³/mol. The minimum Gasteiger partial charge on any atom is -0.495 e. The van der Waals surface area contributed by atoms with E-state index in [1.54, 1.807) is 78.9 Å². The summed E-state index contributed by atoms with van der Waals surface area (Å²) in [5.41, 5.74) is 5.65. The van der Waals surface area contributed by atoms with Crippen molar-refractivity contribution < 1.29 is 27.5 Å². The van der Waals surface area contributed by atoms with Gasteiger partial charge in [-0.05, 0) is 85.1 Å². The van der Waals surface area contributed by atoms with Crippen LogP contribution in [0.5, 0.6) is 11.5 Å². The van der Waals surface area contributed by atoms with Crippen molar-refractivity contribution in [2.45, 2.75) is 18.7 Å². The van der Waals surface area contributed by atoms with E-state index in [9.17, 15) is 18.0 Å². The third-order valence-electron chi connectivity index (χ3n) is 6.50. The van der Waals surface area contributed by atoms with Crippen molar-refractivity contribution in [1.29, 1.82) is 0 Å². The van der Waals surface area contributed by atoms with Crippen molar-refractivity contribution in [1.82, 2.24) is 5.43 Å². The first-order valence-electron chi connectivity index (χ1n) is 13.3. The smallest absolute Gasteiger partial charge is 0.264 e. The summed E-state index contributed by atoms with van der Waals surface area (Å²) in [5.74, 6) is 0.0498. The van der Waals surface area contributed by atoms with Gasteiger partial charge in [0.25, 0.3) is 21.8 Å². The van der Waals surface area contributed by atoms with Crippen molar-refractivity contribution in [3.05, 3.63) is 114 Å². The number of carbonyl (C=O) groups is 2. The van der Waals surface area contributed by atoms with E-state index in [4.69, 9.17) is 9.47 Å². The first-order valence-corrected chi connectivity index (χ1v) is 14.7. The van der Waals surface area contributed by atoms with Gasteiger partial charge >= 0.3 is 0 Å². The highest BCUT2D eigenvalue weighted by molar-refractivity contribution is 7.92. The van der Waals surface area contributed by atoms with Gasteiger partial charge in [0.05, 0.1) is 29.6 Å². The number of amides is 2. The highest BCUT2D eigenvalue weighted by Gasteiger charge is 2.28. The Bertz CT molecular complexity index is 1710. The van der Waals surface area contributed by atoms with Crippen molar-refractivity contribution in [2.75, 3.05) is 29.9 Å². The van der Waals surface area contributed by atoms with E-state index in [1.807, 2.05) is 19.9 Å².